The van der Waals surface area contributed by atoms with Gasteiger partial charge in [-0.05, 0) is 43.1 Å². The van der Waals surface area contributed by atoms with Crippen molar-refractivity contribution in [3.63, 3.8) is 0 Å². The van der Waals surface area contributed by atoms with Gasteiger partial charge in [0.05, 0.1) is 13.2 Å². The van der Waals surface area contributed by atoms with E-state index in [1.165, 1.54) is 6.42 Å². The maximum Gasteiger partial charge on any atom is 0.154 e. The minimum absolute atomic E-state index is 0.0249. The van der Waals surface area contributed by atoms with E-state index in [4.69, 9.17) is 4.74 Å². The number of Topliss-reactive ketones (excluding diaryl/α,β-unsaturated/α-hetero) is 1. The molecule has 0 amide bonds. The van der Waals surface area contributed by atoms with Gasteiger partial charge in [0.1, 0.15) is 5.75 Å². The molecule has 0 saturated carbocycles. The Morgan fingerprint density at radius 1 is 1.50 bits per heavy atom. The van der Waals surface area contributed by atoms with Gasteiger partial charge in [0.15, 0.2) is 5.78 Å². The van der Waals surface area contributed by atoms with Gasteiger partial charge < -0.3 is 10.1 Å². The summed E-state index contributed by atoms with van der Waals surface area (Å²) in [6.45, 7) is 0.954. The summed E-state index contributed by atoms with van der Waals surface area (Å²) in [6.07, 6.45) is 3.73. The highest BCUT2D eigenvalue weighted by Crippen LogP contribution is 2.24. The van der Waals surface area contributed by atoms with E-state index in [-0.39, 0.29) is 11.8 Å². The third-order valence-corrected chi connectivity index (χ3v) is 4.09. The van der Waals surface area contributed by atoms with Crippen molar-refractivity contribution >= 4 is 21.7 Å². The highest BCUT2D eigenvalue weighted by Gasteiger charge is 2.21. The van der Waals surface area contributed by atoms with Crippen LogP contribution < -0.4 is 10.1 Å². The molecule has 1 aromatic rings. The SMILES string of the molecule is COc1ccc(Br)c(CC(=O)C2CCCCN2)c1. The topological polar surface area (TPSA) is 38.3 Å². The number of methoxy groups -OCH3 is 1. The van der Waals surface area contributed by atoms with E-state index in [9.17, 15) is 4.79 Å². The Hall–Kier alpha value is -0.870. The lowest BCUT2D eigenvalue weighted by atomic mass is 9.96. The number of piperidine rings is 1. The maximum atomic E-state index is 12.2. The van der Waals surface area contributed by atoms with Crippen LogP contribution in [-0.2, 0) is 11.2 Å². The van der Waals surface area contributed by atoms with Crippen molar-refractivity contribution < 1.29 is 9.53 Å². The quantitative estimate of drug-likeness (QED) is 0.929. The molecule has 0 radical (unpaired) electrons. The molecule has 0 aromatic heterocycles. The molecule has 1 fully saturated rings. The number of rotatable bonds is 4. The molecule has 1 saturated heterocycles. The molecule has 2 rings (SSSR count). The normalized spacial score (nSPS) is 19.6. The largest absolute Gasteiger partial charge is 0.497 e. The van der Waals surface area contributed by atoms with Crippen LogP contribution in [-0.4, -0.2) is 25.5 Å². The van der Waals surface area contributed by atoms with Crippen molar-refractivity contribution in [2.24, 2.45) is 0 Å². The summed E-state index contributed by atoms with van der Waals surface area (Å²) < 4.78 is 6.15. The van der Waals surface area contributed by atoms with E-state index in [2.05, 4.69) is 21.2 Å². The molecule has 1 atom stereocenters. The molecule has 0 bridgehead atoms. The first-order valence-corrected chi connectivity index (χ1v) is 7.08. The Labute approximate surface area is 116 Å². The molecule has 18 heavy (non-hydrogen) atoms. The van der Waals surface area contributed by atoms with Crippen molar-refractivity contribution in [1.29, 1.82) is 0 Å². The van der Waals surface area contributed by atoms with Gasteiger partial charge in [0, 0.05) is 10.9 Å². The molecule has 4 heteroatoms. The van der Waals surface area contributed by atoms with Crippen LogP contribution >= 0.6 is 15.9 Å². The zero-order valence-electron chi connectivity index (χ0n) is 10.5. The molecule has 1 unspecified atom stereocenters. The van der Waals surface area contributed by atoms with Gasteiger partial charge in [0.2, 0.25) is 0 Å². The first-order chi connectivity index (χ1) is 8.70. The first-order valence-electron chi connectivity index (χ1n) is 6.29. The lowest BCUT2D eigenvalue weighted by Crippen LogP contribution is -2.41. The summed E-state index contributed by atoms with van der Waals surface area (Å²) in [5.41, 5.74) is 0.992. The molecule has 0 spiro atoms. The summed E-state index contributed by atoms with van der Waals surface area (Å²) in [7, 11) is 1.64. The Balaban J connectivity index is 2.05. The predicted octanol–water partition coefficient (Wildman–Crippen LogP) is 2.71. The van der Waals surface area contributed by atoms with Gasteiger partial charge in [-0.3, -0.25) is 4.79 Å². The number of hydrogen-bond donors (Lipinski definition) is 1. The van der Waals surface area contributed by atoms with E-state index in [1.807, 2.05) is 18.2 Å². The standard InChI is InChI=1S/C14H18BrNO2/c1-18-11-5-6-12(15)10(8-11)9-14(17)13-4-2-3-7-16-13/h5-6,8,13,16H,2-4,7,9H2,1H3. The number of carbonyl (C=O) groups excluding carboxylic acids is 1. The van der Waals surface area contributed by atoms with Gasteiger partial charge in [0.25, 0.3) is 0 Å². The molecular formula is C14H18BrNO2. The third kappa shape index (κ3) is 3.33. The number of hydrogen-bond acceptors (Lipinski definition) is 3. The van der Waals surface area contributed by atoms with Gasteiger partial charge in [-0.15, -0.1) is 0 Å². The molecule has 1 N–H and O–H groups in total. The zero-order valence-corrected chi connectivity index (χ0v) is 12.1. The number of ketones is 1. The summed E-state index contributed by atoms with van der Waals surface area (Å²) in [5, 5.41) is 3.29. The molecule has 0 aliphatic carbocycles. The van der Waals surface area contributed by atoms with E-state index >= 15 is 0 Å². The lowest BCUT2D eigenvalue weighted by Gasteiger charge is -2.22. The summed E-state index contributed by atoms with van der Waals surface area (Å²) >= 11 is 3.48. The number of nitrogens with one attached hydrogen (secondary N) is 1. The van der Waals surface area contributed by atoms with Gasteiger partial charge in [-0.1, -0.05) is 22.4 Å². The highest BCUT2D eigenvalue weighted by atomic mass is 79.9. The van der Waals surface area contributed by atoms with E-state index in [0.29, 0.717) is 6.42 Å². The summed E-state index contributed by atoms with van der Waals surface area (Å²) in [6, 6.07) is 5.76. The maximum absolute atomic E-state index is 12.2. The Morgan fingerprint density at radius 3 is 3.00 bits per heavy atom. The van der Waals surface area contributed by atoms with Crippen molar-refractivity contribution in [3.05, 3.63) is 28.2 Å². The lowest BCUT2D eigenvalue weighted by molar-refractivity contribution is -0.120. The monoisotopic (exact) mass is 311 g/mol. The fraction of sp³-hybridized carbons (Fsp3) is 0.500. The average molecular weight is 312 g/mol. The molecule has 1 aromatic carbocycles. The number of carbonyl (C=O) groups is 1. The van der Waals surface area contributed by atoms with E-state index < -0.39 is 0 Å². The minimum atomic E-state index is 0.0249. The molecule has 1 heterocycles. The fourth-order valence-electron chi connectivity index (χ4n) is 2.25. The summed E-state index contributed by atoms with van der Waals surface area (Å²) in [5.74, 6) is 1.06. The van der Waals surface area contributed by atoms with Gasteiger partial charge in [-0.2, -0.15) is 0 Å². The van der Waals surface area contributed by atoms with Crippen LogP contribution in [0.5, 0.6) is 5.75 Å². The second kappa shape index (κ2) is 6.34. The van der Waals surface area contributed by atoms with Gasteiger partial charge in [-0.25, -0.2) is 0 Å². The highest BCUT2D eigenvalue weighted by molar-refractivity contribution is 9.10. The molecule has 3 nitrogen and oxygen atoms in total. The number of halogens is 1. The Bertz CT molecular complexity index is 428. The van der Waals surface area contributed by atoms with Crippen LogP contribution in [0.25, 0.3) is 0 Å². The molecule has 98 valence electrons. The smallest absolute Gasteiger partial charge is 0.154 e. The second-order valence-electron chi connectivity index (χ2n) is 4.60. The van der Waals surface area contributed by atoms with Crippen molar-refractivity contribution in [1.82, 2.24) is 5.32 Å². The number of benzene rings is 1. The Kier molecular flexibility index (Phi) is 4.78. The Morgan fingerprint density at radius 2 is 2.33 bits per heavy atom. The zero-order chi connectivity index (χ0) is 13.0. The van der Waals surface area contributed by atoms with Crippen LogP contribution in [0, 0.1) is 0 Å². The van der Waals surface area contributed by atoms with Crippen molar-refractivity contribution in [2.75, 3.05) is 13.7 Å². The summed E-state index contributed by atoms with van der Waals surface area (Å²) in [4.78, 5) is 12.2. The predicted molar refractivity (Wildman–Crippen MR) is 75.0 cm³/mol. The molecular weight excluding hydrogens is 294 g/mol. The first kappa shape index (κ1) is 13.6. The average Bonchev–Trinajstić information content (AvgIpc) is 2.42. The molecule has 1 aliphatic heterocycles. The second-order valence-corrected chi connectivity index (χ2v) is 5.46. The van der Waals surface area contributed by atoms with Crippen LogP contribution in [0.2, 0.25) is 0 Å². The van der Waals surface area contributed by atoms with Crippen molar-refractivity contribution in [2.45, 2.75) is 31.7 Å². The van der Waals surface area contributed by atoms with Crippen LogP contribution in [0.4, 0.5) is 0 Å². The number of ether oxygens (including phenoxy) is 1. The third-order valence-electron chi connectivity index (χ3n) is 3.32. The van der Waals surface area contributed by atoms with E-state index in [1.54, 1.807) is 7.11 Å². The fourth-order valence-corrected chi connectivity index (χ4v) is 2.64. The molecule has 1 aliphatic rings. The van der Waals surface area contributed by atoms with Gasteiger partial charge >= 0.3 is 0 Å². The minimum Gasteiger partial charge on any atom is -0.497 e. The van der Waals surface area contributed by atoms with E-state index in [0.717, 1.165) is 35.2 Å². The van der Waals surface area contributed by atoms with Crippen LogP contribution in [0.15, 0.2) is 22.7 Å². The van der Waals surface area contributed by atoms with Crippen molar-refractivity contribution in [3.8, 4) is 5.75 Å². The van der Waals surface area contributed by atoms with Crippen LogP contribution in [0.3, 0.4) is 0 Å². The van der Waals surface area contributed by atoms with Crippen LogP contribution in [0.1, 0.15) is 24.8 Å².